The Morgan fingerprint density at radius 1 is 1.33 bits per heavy atom. The average Bonchev–Trinajstić information content (AvgIpc) is 2.27. The van der Waals surface area contributed by atoms with E-state index in [0.29, 0.717) is 18.8 Å². The summed E-state index contributed by atoms with van der Waals surface area (Å²) in [6.45, 7) is 4.91. The third kappa shape index (κ3) is 2.37. The molecule has 4 nitrogen and oxygen atoms in total. The van der Waals surface area contributed by atoms with E-state index in [1.807, 2.05) is 26.0 Å². The molecule has 100 valence electrons. The van der Waals surface area contributed by atoms with Gasteiger partial charge in [-0.2, -0.15) is 0 Å². The molecule has 2 rings (SSSR count). The molecule has 1 aromatic carbocycles. The third-order valence-electron chi connectivity index (χ3n) is 3.33. The van der Waals surface area contributed by atoms with Gasteiger partial charge in [0.25, 0.3) is 0 Å². The molecule has 1 atom stereocenters. The van der Waals surface area contributed by atoms with Crippen LogP contribution in [-0.4, -0.2) is 34.4 Å². The maximum Gasteiger partial charge on any atom is 0.159 e. The Hall–Kier alpha value is -1.07. The molecule has 0 aromatic heterocycles. The van der Waals surface area contributed by atoms with Crippen LogP contribution in [0.3, 0.4) is 0 Å². The number of benzene rings is 1. The summed E-state index contributed by atoms with van der Waals surface area (Å²) in [5, 5.41) is 2.64. The highest BCUT2D eigenvalue weighted by atomic mass is 32.2. The Morgan fingerprint density at radius 3 is 2.67 bits per heavy atom. The summed E-state index contributed by atoms with van der Waals surface area (Å²) < 4.78 is 29.7. The lowest BCUT2D eigenvalue weighted by Gasteiger charge is -2.26. The van der Waals surface area contributed by atoms with Crippen molar-refractivity contribution in [3.63, 3.8) is 0 Å². The number of hydrogen-bond acceptors (Lipinski definition) is 4. The lowest BCUT2D eigenvalue weighted by molar-refractivity contribution is 0.404. The zero-order valence-electron chi connectivity index (χ0n) is 11.0. The molecular weight excluding hydrogens is 250 g/mol. The predicted octanol–water partition coefficient (Wildman–Crippen LogP) is 1.37. The number of aryl methyl sites for hydroxylation is 2. The Kier molecular flexibility index (Phi) is 3.64. The Labute approximate surface area is 108 Å². The zero-order chi connectivity index (χ0) is 13.3. The Balaban J connectivity index is 2.56. The van der Waals surface area contributed by atoms with Crippen molar-refractivity contribution in [2.24, 2.45) is 0 Å². The maximum absolute atomic E-state index is 12.2. The second-order valence-electron chi connectivity index (χ2n) is 4.76. The minimum absolute atomic E-state index is 0.188. The van der Waals surface area contributed by atoms with E-state index in [-0.39, 0.29) is 5.75 Å². The number of ether oxygens (including phenoxy) is 1. The number of rotatable bonds is 2. The summed E-state index contributed by atoms with van der Waals surface area (Å²) in [5.41, 5.74) is 2.82. The number of nitrogens with one attached hydrogen (secondary N) is 1. The van der Waals surface area contributed by atoms with Gasteiger partial charge in [0.1, 0.15) is 11.0 Å². The summed E-state index contributed by atoms with van der Waals surface area (Å²) in [4.78, 5) is 0. The normalized spacial score (nSPS) is 22.7. The first-order valence-corrected chi connectivity index (χ1v) is 7.74. The van der Waals surface area contributed by atoms with Crippen molar-refractivity contribution >= 4 is 9.84 Å². The van der Waals surface area contributed by atoms with Crippen LogP contribution in [-0.2, 0) is 9.84 Å². The lowest BCUT2D eigenvalue weighted by Crippen LogP contribution is -2.38. The quantitative estimate of drug-likeness (QED) is 0.881. The first-order valence-electron chi connectivity index (χ1n) is 6.03. The van der Waals surface area contributed by atoms with Gasteiger partial charge < -0.3 is 10.1 Å². The summed E-state index contributed by atoms with van der Waals surface area (Å²) in [6, 6.07) is 3.92. The van der Waals surface area contributed by atoms with Crippen LogP contribution in [0.15, 0.2) is 12.1 Å². The van der Waals surface area contributed by atoms with Gasteiger partial charge in [-0.25, -0.2) is 8.42 Å². The minimum atomic E-state index is -3.09. The maximum atomic E-state index is 12.2. The van der Waals surface area contributed by atoms with E-state index in [1.165, 1.54) is 0 Å². The third-order valence-corrected chi connectivity index (χ3v) is 5.39. The van der Waals surface area contributed by atoms with E-state index in [9.17, 15) is 8.42 Å². The summed E-state index contributed by atoms with van der Waals surface area (Å²) >= 11 is 0. The van der Waals surface area contributed by atoms with Gasteiger partial charge in [-0.05, 0) is 19.4 Å². The second-order valence-corrected chi connectivity index (χ2v) is 7.07. The van der Waals surface area contributed by atoms with Gasteiger partial charge in [0.05, 0.1) is 12.9 Å². The summed E-state index contributed by atoms with van der Waals surface area (Å²) in [5.74, 6) is 0.881. The van der Waals surface area contributed by atoms with Gasteiger partial charge in [0, 0.05) is 18.7 Å². The van der Waals surface area contributed by atoms with Gasteiger partial charge in [0.15, 0.2) is 9.84 Å². The molecule has 0 aliphatic carbocycles. The molecule has 1 fully saturated rings. The molecule has 0 saturated carbocycles. The van der Waals surface area contributed by atoms with E-state index in [1.54, 1.807) is 7.11 Å². The van der Waals surface area contributed by atoms with Gasteiger partial charge in [-0.3, -0.25) is 0 Å². The van der Waals surface area contributed by atoms with Crippen molar-refractivity contribution in [3.8, 4) is 5.75 Å². The van der Waals surface area contributed by atoms with E-state index in [2.05, 4.69) is 5.32 Å². The number of methoxy groups -OCH3 is 1. The van der Waals surface area contributed by atoms with Gasteiger partial charge in [-0.15, -0.1) is 0 Å². The minimum Gasteiger partial charge on any atom is -0.496 e. The molecule has 1 N–H and O–H groups in total. The van der Waals surface area contributed by atoms with E-state index in [4.69, 9.17) is 4.74 Å². The summed E-state index contributed by atoms with van der Waals surface area (Å²) in [6.07, 6.45) is 0. The number of sulfone groups is 1. The fourth-order valence-corrected chi connectivity index (χ4v) is 4.17. The van der Waals surface area contributed by atoms with Crippen LogP contribution >= 0.6 is 0 Å². The molecule has 1 aliphatic heterocycles. The number of hydrogen-bond donors (Lipinski definition) is 1. The van der Waals surface area contributed by atoms with Crippen LogP contribution in [0.5, 0.6) is 5.75 Å². The standard InChI is InChI=1S/C13H19NO3S/c1-9-6-10(2)13(17-3)11(7-9)12-8-14-4-5-18(12,15)16/h6-7,12,14H,4-5,8H2,1-3H3. The SMILES string of the molecule is COc1c(C)cc(C)cc1C1CNCCS1(=O)=O. The molecule has 5 heteroatoms. The van der Waals surface area contributed by atoms with E-state index in [0.717, 1.165) is 16.7 Å². The highest BCUT2D eigenvalue weighted by Gasteiger charge is 2.32. The van der Waals surface area contributed by atoms with Gasteiger partial charge in [-0.1, -0.05) is 17.7 Å². The predicted molar refractivity (Wildman–Crippen MR) is 71.9 cm³/mol. The van der Waals surface area contributed by atoms with Crippen molar-refractivity contribution in [2.45, 2.75) is 19.1 Å². The molecular formula is C13H19NO3S. The Morgan fingerprint density at radius 2 is 2.06 bits per heavy atom. The highest BCUT2D eigenvalue weighted by Crippen LogP contribution is 2.35. The Bertz CT molecular complexity index is 552. The van der Waals surface area contributed by atoms with Crippen LogP contribution in [0.2, 0.25) is 0 Å². The van der Waals surface area contributed by atoms with Crippen molar-refractivity contribution in [1.82, 2.24) is 5.32 Å². The van der Waals surface area contributed by atoms with Crippen molar-refractivity contribution in [3.05, 3.63) is 28.8 Å². The lowest BCUT2D eigenvalue weighted by atomic mass is 10.0. The fraction of sp³-hybridized carbons (Fsp3) is 0.538. The van der Waals surface area contributed by atoms with Crippen LogP contribution in [0.1, 0.15) is 21.9 Å². The molecule has 1 saturated heterocycles. The first kappa shape index (κ1) is 13.4. The van der Waals surface area contributed by atoms with Gasteiger partial charge in [0.2, 0.25) is 0 Å². The fourth-order valence-electron chi connectivity index (χ4n) is 2.53. The van der Waals surface area contributed by atoms with E-state index < -0.39 is 15.1 Å². The van der Waals surface area contributed by atoms with Crippen molar-refractivity contribution < 1.29 is 13.2 Å². The topological polar surface area (TPSA) is 55.4 Å². The largest absolute Gasteiger partial charge is 0.496 e. The first-order chi connectivity index (χ1) is 8.45. The average molecular weight is 269 g/mol. The van der Waals surface area contributed by atoms with Gasteiger partial charge >= 0.3 is 0 Å². The summed E-state index contributed by atoms with van der Waals surface area (Å²) in [7, 11) is -1.50. The molecule has 0 radical (unpaired) electrons. The molecule has 1 aliphatic rings. The molecule has 1 heterocycles. The molecule has 0 bridgehead atoms. The van der Waals surface area contributed by atoms with Crippen molar-refractivity contribution in [1.29, 1.82) is 0 Å². The zero-order valence-corrected chi connectivity index (χ0v) is 11.8. The van der Waals surface area contributed by atoms with Crippen LogP contribution in [0.4, 0.5) is 0 Å². The molecule has 18 heavy (non-hydrogen) atoms. The van der Waals surface area contributed by atoms with Crippen LogP contribution < -0.4 is 10.1 Å². The molecule has 1 aromatic rings. The van der Waals surface area contributed by atoms with Crippen LogP contribution in [0, 0.1) is 13.8 Å². The smallest absolute Gasteiger partial charge is 0.159 e. The molecule has 1 unspecified atom stereocenters. The highest BCUT2D eigenvalue weighted by molar-refractivity contribution is 7.91. The molecule has 0 spiro atoms. The van der Waals surface area contributed by atoms with E-state index >= 15 is 0 Å². The molecule has 0 amide bonds. The second kappa shape index (κ2) is 4.90. The van der Waals surface area contributed by atoms with Crippen LogP contribution in [0.25, 0.3) is 0 Å². The van der Waals surface area contributed by atoms with Crippen molar-refractivity contribution in [2.75, 3.05) is 26.0 Å². The monoisotopic (exact) mass is 269 g/mol.